The molecule has 0 spiro atoms. The molecule has 23 heavy (non-hydrogen) atoms. The molecule has 0 saturated carbocycles. The Morgan fingerprint density at radius 2 is 2.04 bits per heavy atom. The van der Waals surface area contributed by atoms with Gasteiger partial charge in [-0.1, -0.05) is 28.1 Å². The molecule has 1 saturated heterocycles. The number of hydrogen-bond acceptors (Lipinski definition) is 2. The first-order valence-electron chi connectivity index (χ1n) is 7.41. The van der Waals surface area contributed by atoms with Crippen molar-refractivity contribution in [3.8, 4) is 11.3 Å². The fourth-order valence-electron chi connectivity index (χ4n) is 2.97. The van der Waals surface area contributed by atoms with Gasteiger partial charge in [0.25, 0.3) is 5.91 Å². The Hall–Kier alpha value is -2.08. The second kappa shape index (κ2) is 6.20. The van der Waals surface area contributed by atoms with Crippen LogP contribution in [0.3, 0.4) is 0 Å². The number of hydrogen-bond donors (Lipinski definition) is 1. The van der Waals surface area contributed by atoms with Crippen LogP contribution in [0.4, 0.5) is 0 Å². The summed E-state index contributed by atoms with van der Waals surface area (Å²) in [7, 11) is 1.86. The standard InChI is InChI=1S/C17H17BrN2O3/c1-19-14(11-3-2-4-13(18)9-11)5-6-15(19)16(21)20-8-7-12(10-20)17(22)23/h2-6,9,12H,7-8,10H2,1H3,(H,22,23)/t12-/m1/s1. The van der Waals surface area contributed by atoms with Gasteiger partial charge in [-0.05, 0) is 36.2 Å². The van der Waals surface area contributed by atoms with Gasteiger partial charge >= 0.3 is 5.97 Å². The topological polar surface area (TPSA) is 62.5 Å². The van der Waals surface area contributed by atoms with Crippen LogP contribution < -0.4 is 0 Å². The third kappa shape index (κ3) is 3.03. The number of aliphatic carboxylic acids is 1. The van der Waals surface area contributed by atoms with Crippen molar-refractivity contribution in [1.29, 1.82) is 0 Å². The van der Waals surface area contributed by atoms with E-state index in [9.17, 15) is 9.59 Å². The lowest BCUT2D eigenvalue weighted by atomic mass is 10.1. The van der Waals surface area contributed by atoms with Crippen LogP contribution in [-0.4, -0.2) is 39.5 Å². The smallest absolute Gasteiger partial charge is 0.308 e. The minimum atomic E-state index is -0.831. The highest BCUT2D eigenvalue weighted by atomic mass is 79.9. The zero-order valence-corrected chi connectivity index (χ0v) is 14.3. The molecule has 0 aliphatic carbocycles. The van der Waals surface area contributed by atoms with Crippen molar-refractivity contribution >= 4 is 27.8 Å². The van der Waals surface area contributed by atoms with Gasteiger partial charge in [0, 0.05) is 30.3 Å². The number of carbonyl (C=O) groups is 2. The Morgan fingerprint density at radius 3 is 2.70 bits per heavy atom. The number of nitrogens with zero attached hydrogens (tertiary/aromatic N) is 2. The molecule has 1 N–H and O–H groups in total. The fourth-order valence-corrected chi connectivity index (χ4v) is 3.37. The molecule has 1 aliphatic heterocycles. The van der Waals surface area contributed by atoms with Gasteiger partial charge in [0.15, 0.2) is 0 Å². The summed E-state index contributed by atoms with van der Waals surface area (Å²) < 4.78 is 2.84. The molecule has 1 atom stereocenters. The van der Waals surface area contributed by atoms with Gasteiger partial charge in [-0.3, -0.25) is 9.59 Å². The molecule has 120 valence electrons. The average molecular weight is 377 g/mol. The first kappa shape index (κ1) is 15.8. The van der Waals surface area contributed by atoms with Crippen LogP contribution >= 0.6 is 15.9 Å². The summed E-state index contributed by atoms with van der Waals surface area (Å²) in [6.07, 6.45) is 0.518. The van der Waals surface area contributed by atoms with Gasteiger partial charge in [0.2, 0.25) is 0 Å². The lowest BCUT2D eigenvalue weighted by Crippen LogP contribution is -2.31. The first-order chi connectivity index (χ1) is 11.0. The Labute approximate surface area is 142 Å². The van der Waals surface area contributed by atoms with E-state index in [-0.39, 0.29) is 12.5 Å². The van der Waals surface area contributed by atoms with E-state index in [1.54, 1.807) is 11.0 Å². The average Bonchev–Trinajstić information content (AvgIpc) is 3.13. The number of carboxylic acids is 1. The third-order valence-corrected chi connectivity index (χ3v) is 4.78. The molecule has 3 rings (SSSR count). The second-order valence-corrected chi connectivity index (χ2v) is 6.66. The lowest BCUT2D eigenvalue weighted by Gasteiger charge is -2.17. The van der Waals surface area contributed by atoms with Crippen LogP contribution in [0.5, 0.6) is 0 Å². The van der Waals surface area contributed by atoms with Gasteiger partial charge < -0.3 is 14.6 Å². The molecule has 0 radical (unpaired) electrons. The number of rotatable bonds is 3. The number of carbonyl (C=O) groups excluding carboxylic acids is 1. The number of carboxylic acid groups (broad SMARTS) is 1. The van der Waals surface area contributed by atoms with Crippen LogP contribution in [0.2, 0.25) is 0 Å². The summed E-state index contributed by atoms with van der Waals surface area (Å²) in [5.74, 6) is -1.40. The minimum absolute atomic E-state index is 0.113. The fraction of sp³-hybridized carbons (Fsp3) is 0.294. The van der Waals surface area contributed by atoms with E-state index in [2.05, 4.69) is 15.9 Å². The number of aromatic nitrogens is 1. The van der Waals surface area contributed by atoms with Gasteiger partial charge in [0.1, 0.15) is 5.69 Å². The Balaban J connectivity index is 1.85. The number of halogens is 1. The van der Waals surface area contributed by atoms with Gasteiger partial charge in [0.05, 0.1) is 5.92 Å². The molecule has 1 aromatic heterocycles. The number of likely N-dealkylation sites (tertiary alicyclic amines) is 1. The maximum absolute atomic E-state index is 12.7. The van der Waals surface area contributed by atoms with Crippen LogP contribution in [0.15, 0.2) is 40.9 Å². The second-order valence-electron chi connectivity index (χ2n) is 5.75. The van der Waals surface area contributed by atoms with Crippen molar-refractivity contribution in [2.45, 2.75) is 6.42 Å². The monoisotopic (exact) mass is 376 g/mol. The summed E-state index contributed by atoms with van der Waals surface area (Å²) in [6.45, 7) is 0.777. The van der Waals surface area contributed by atoms with E-state index >= 15 is 0 Å². The molecule has 0 bridgehead atoms. The normalized spacial score (nSPS) is 17.5. The number of amides is 1. The predicted molar refractivity (Wildman–Crippen MR) is 90.2 cm³/mol. The Kier molecular flexibility index (Phi) is 4.26. The van der Waals surface area contributed by atoms with Gasteiger partial charge in [-0.25, -0.2) is 0 Å². The Morgan fingerprint density at radius 1 is 1.26 bits per heavy atom. The van der Waals surface area contributed by atoms with E-state index in [1.807, 2.05) is 41.9 Å². The maximum atomic E-state index is 12.7. The highest BCUT2D eigenvalue weighted by Crippen LogP contribution is 2.26. The van der Waals surface area contributed by atoms with E-state index in [0.717, 1.165) is 15.7 Å². The summed E-state index contributed by atoms with van der Waals surface area (Å²) in [4.78, 5) is 25.3. The highest BCUT2D eigenvalue weighted by Gasteiger charge is 2.32. The quantitative estimate of drug-likeness (QED) is 0.895. The summed E-state index contributed by atoms with van der Waals surface area (Å²) in [5, 5.41) is 9.07. The van der Waals surface area contributed by atoms with Crippen molar-refractivity contribution in [2.24, 2.45) is 13.0 Å². The highest BCUT2D eigenvalue weighted by molar-refractivity contribution is 9.10. The molecular formula is C17H17BrN2O3. The van der Waals surface area contributed by atoms with Crippen molar-refractivity contribution < 1.29 is 14.7 Å². The maximum Gasteiger partial charge on any atom is 0.308 e. The molecule has 2 aromatic rings. The van der Waals surface area contributed by atoms with Crippen LogP contribution in [0.1, 0.15) is 16.9 Å². The third-order valence-electron chi connectivity index (χ3n) is 4.29. The molecule has 0 unspecified atom stereocenters. The summed E-state index contributed by atoms with van der Waals surface area (Å²) in [6, 6.07) is 11.6. The minimum Gasteiger partial charge on any atom is -0.481 e. The SMILES string of the molecule is Cn1c(C(=O)N2CC[C@@H](C(=O)O)C2)ccc1-c1cccc(Br)c1. The Bertz CT molecular complexity index is 769. The van der Waals surface area contributed by atoms with Crippen molar-refractivity contribution in [3.63, 3.8) is 0 Å². The molecule has 6 heteroatoms. The molecule has 1 aliphatic rings. The van der Waals surface area contributed by atoms with Crippen molar-refractivity contribution in [1.82, 2.24) is 9.47 Å². The van der Waals surface area contributed by atoms with E-state index in [4.69, 9.17) is 5.11 Å². The zero-order valence-electron chi connectivity index (χ0n) is 12.7. The molecule has 2 heterocycles. The van der Waals surface area contributed by atoms with Crippen molar-refractivity contribution in [2.75, 3.05) is 13.1 Å². The number of benzene rings is 1. The van der Waals surface area contributed by atoms with Crippen LogP contribution in [-0.2, 0) is 11.8 Å². The largest absolute Gasteiger partial charge is 0.481 e. The van der Waals surface area contributed by atoms with Gasteiger partial charge in [-0.2, -0.15) is 0 Å². The van der Waals surface area contributed by atoms with Gasteiger partial charge in [-0.15, -0.1) is 0 Å². The molecule has 1 aromatic carbocycles. The van der Waals surface area contributed by atoms with Crippen LogP contribution in [0.25, 0.3) is 11.3 Å². The van der Waals surface area contributed by atoms with E-state index in [0.29, 0.717) is 18.7 Å². The van der Waals surface area contributed by atoms with Crippen LogP contribution in [0, 0.1) is 5.92 Å². The first-order valence-corrected chi connectivity index (χ1v) is 8.20. The molecule has 1 amide bonds. The zero-order chi connectivity index (χ0) is 16.6. The van der Waals surface area contributed by atoms with E-state index < -0.39 is 11.9 Å². The summed E-state index contributed by atoms with van der Waals surface area (Å²) >= 11 is 3.45. The molecule has 5 nitrogen and oxygen atoms in total. The van der Waals surface area contributed by atoms with Crippen molar-refractivity contribution in [3.05, 3.63) is 46.6 Å². The molecule has 1 fully saturated rings. The predicted octanol–water partition coefficient (Wildman–Crippen LogP) is 3.00. The molecular weight excluding hydrogens is 360 g/mol. The summed E-state index contributed by atoms with van der Waals surface area (Å²) in [5.41, 5.74) is 2.54. The lowest BCUT2D eigenvalue weighted by molar-refractivity contribution is -0.141. The van der Waals surface area contributed by atoms with E-state index in [1.165, 1.54) is 0 Å².